The Morgan fingerprint density at radius 1 is 1.64 bits per heavy atom. The Morgan fingerprint density at radius 3 is 2.93 bits per heavy atom. The van der Waals surface area contributed by atoms with Crippen molar-refractivity contribution in [1.82, 2.24) is 8.43 Å². The zero-order valence-corrected chi connectivity index (χ0v) is 11.1. The smallest absolute Gasteiger partial charge is 0.233 e. The van der Waals surface area contributed by atoms with Crippen LogP contribution in [0.4, 0.5) is 0 Å². The molecular weight excluding hydrogens is 291 g/mol. The molecule has 0 unspecified atom stereocenters. The summed E-state index contributed by atoms with van der Waals surface area (Å²) in [4.78, 5) is 13.8. The normalized spacial score (nSPS) is 23.0. The zero-order chi connectivity index (χ0) is 10.6. The van der Waals surface area contributed by atoms with Crippen LogP contribution in [0.3, 0.4) is 0 Å². The van der Waals surface area contributed by atoms with Crippen LogP contribution in [-0.4, -0.2) is 30.4 Å². The summed E-state index contributed by atoms with van der Waals surface area (Å²) >= 11 is 1.92. The molecule has 0 radical (unpaired) electrons. The van der Waals surface area contributed by atoms with Crippen LogP contribution in [0.2, 0.25) is 0 Å². The lowest BCUT2D eigenvalue weighted by Crippen LogP contribution is -2.28. The number of rotatable bonds is 4. The van der Waals surface area contributed by atoms with E-state index in [1.807, 2.05) is 22.9 Å². The van der Waals surface area contributed by atoms with Crippen LogP contribution in [0.1, 0.15) is 26.7 Å². The average Bonchev–Trinajstić information content (AvgIpc) is 2.62. The van der Waals surface area contributed by atoms with E-state index in [1.165, 1.54) is 6.42 Å². The minimum atomic E-state index is 0.192. The van der Waals surface area contributed by atoms with Crippen molar-refractivity contribution in [3.63, 3.8) is 0 Å². The summed E-state index contributed by atoms with van der Waals surface area (Å²) in [7, 11) is 0. The van der Waals surface area contributed by atoms with Gasteiger partial charge in [0.25, 0.3) is 0 Å². The van der Waals surface area contributed by atoms with Gasteiger partial charge >= 0.3 is 0 Å². The molecule has 1 amide bonds. The molecule has 1 aliphatic heterocycles. The van der Waals surface area contributed by atoms with E-state index in [0.29, 0.717) is 0 Å². The van der Waals surface area contributed by atoms with Crippen LogP contribution in [-0.2, 0) is 4.79 Å². The largest absolute Gasteiger partial charge is 0.303 e. The number of hydrogen-bond donors (Lipinski definition) is 1. The summed E-state index contributed by atoms with van der Waals surface area (Å²) in [5.74, 6) is 1.17. The number of nitrogens with zero attached hydrogens (tertiary/aromatic N) is 1. The van der Waals surface area contributed by atoms with Gasteiger partial charge < -0.3 is 4.90 Å². The molecule has 1 rings (SSSR count). The second-order valence-electron chi connectivity index (χ2n) is 4.43. The van der Waals surface area contributed by atoms with Gasteiger partial charge in [0.1, 0.15) is 0 Å². The standard InChI is InChI=1S/C10H19IN2O/c1-8(2)3-5-13-6-4-9(7-13)10(14)12-11/h8-9H,3-7H2,1-2H3,(H,12,14)/t9-/m1/s1. The first-order valence-electron chi connectivity index (χ1n) is 5.26. The van der Waals surface area contributed by atoms with Gasteiger partial charge in [-0.3, -0.25) is 8.32 Å². The number of carbonyl (C=O) groups excluding carboxylic acids is 1. The number of likely N-dealkylation sites (tertiary alicyclic amines) is 1. The van der Waals surface area contributed by atoms with Crippen molar-refractivity contribution in [2.45, 2.75) is 26.7 Å². The first kappa shape index (κ1) is 12.2. The maximum Gasteiger partial charge on any atom is 0.233 e. The highest BCUT2D eigenvalue weighted by molar-refractivity contribution is 14.1. The lowest BCUT2D eigenvalue weighted by molar-refractivity contribution is -0.122. The molecule has 1 fully saturated rings. The minimum Gasteiger partial charge on any atom is -0.303 e. The topological polar surface area (TPSA) is 32.3 Å². The van der Waals surface area contributed by atoms with E-state index in [2.05, 4.69) is 22.3 Å². The van der Waals surface area contributed by atoms with Crippen molar-refractivity contribution in [2.75, 3.05) is 19.6 Å². The molecule has 4 heteroatoms. The molecule has 1 aliphatic rings. The summed E-state index contributed by atoms with van der Waals surface area (Å²) < 4.78 is 2.70. The fourth-order valence-electron chi connectivity index (χ4n) is 1.77. The van der Waals surface area contributed by atoms with Crippen LogP contribution >= 0.6 is 22.9 Å². The van der Waals surface area contributed by atoms with Gasteiger partial charge in [0, 0.05) is 6.54 Å². The van der Waals surface area contributed by atoms with E-state index in [4.69, 9.17) is 0 Å². The SMILES string of the molecule is CC(C)CCN1CC[C@@H](C(=O)NI)C1. The van der Waals surface area contributed by atoms with Gasteiger partial charge in [-0.2, -0.15) is 0 Å². The molecule has 0 bridgehead atoms. The van der Waals surface area contributed by atoms with Crippen LogP contribution in [0, 0.1) is 11.8 Å². The van der Waals surface area contributed by atoms with Gasteiger partial charge in [-0.1, -0.05) is 13.8 Å². The highest BCUT2D eigenvalue weighted by atomic mass is 127. The van der Waals surface area contributed by atoms with Crippen LogP contribution in [0.15, 0.2) is 0 Å². The number of nitrogens with one attached hydrogen (secondary N) is 1. The molecule has 3 nitrogen and oxygen atoms in total. The molecule has 0 aliphatic carbocycles. The highest BCUT2D eigenvalue weighted by Crippen LogP contribution is 2.17. The van der Waals surface area contributed by atoms with Crippen LogP contribution in [0.5, 0.6) is 0 Å². The lowest BCUT2D eigenvalue weighted by atomic mass is 10.1. The van der Waals surface area contributed by atoms with Crippen LogP contribution < -0.4 is 3.53 Å². The Labute approximate surface area is 100 Å². The first-order valence-corrected chi connectivity index (χ1v) is 6.34. The van der Waals surface area contributed by atoms with Crippen molar-refractivity contribution < 1.29 is 4.79 Å². The molecule has 0 aromatic carbocycles. The number of amides is 1. The average molecular weight is 310 g/mol. The monoisotopic (exact) mass is 310 g/mol. The van der Waals surface area contributed by atoms with E-state index in [1.54, 1.807) is 0 Å². The van der Waals surface area contributed by atoms with Gasteiger partial charge in [0.15, 0.2) is 0 Å². The highest BCUT2D eigenvalue weighted by Gasteiger charge is 2.27. The summed E-state index contributed by atoms with van der Waals surface area (Å²) in [6.07, 6.45) is 2.26. The fraction of sp³-hybridized carbons (Fsp3) is 0.900. The molecule has 1 atom stereocenters. The third-order valence-corrected chi connectivity index (χ3v) is 3.29. The Kier molecular flexibility index (Phi) is 5.15. The van der Waals surface area contributed by atoms with Gasteiger partial charge in [-0.05, 0) is 31.8 Å². The second-order valence-corrected chi connectivity index (χ2v) is 4.97. The summed E-state index contributed by atoms with van der Waals surface area (Å²) in [6, 6.07) is 0. The van der Waals surface area contributed by atoms with E-state index in [-0.39, 0.29) is 11.8 Å². The molecule has 1 N–H and O–H groups in total. The van der Waals surface area contributed by atoms with E-state index >= 15 is 0 Å². The fourth-order valence-corrected chi connectivity index (χ4v) is 2.21. The Hall–Kier alpha value is 0.160. The molecule has 0 spiro atoms. The number of hydrogen-bond acceptors (Lipinski definition) is 2. The molecule has 0 saturated carbocycles. The van der Waals surface area contributed by atoms with E-state index < -0.39 is 0 Å². The third kappa shape index (κ3) is 3.73. The van der Waals surface area contributed by atoms with Crippen molar-refractivity contribution in [2.24, 2.45) is 11.8 Å². The quantitative estimate of drug-likeness (QED) is 0.634. The minimum absolute atomic E-state index is 0.192. The van der Waals surface area contributed by atoms with Crippen molar-refractivity contribution in [3.05, 3.63) is 0 Å². The molecule has 1 heterocycles. The second kappa shape index (κ2) is 5.90. The molecule has 1 saturated heterocycles. The van der Waals surface area contributed by atoms with Gasteiger partial charge in [0.2, 0.25) is 5.91 Å². The third-order valence-electron chi connectivity index (χ3n) is 2.76. The van der Waals surface area contributed by atoms with Crippen LogP contribution in [0.25, 0.3) is 0 Å². The summed E-state index contributed by atoms with van der Waals surface area (Å²) in [5.41, 5.74) is 0. The zero-order valence-electron chi connectivity index (χ0n) is 8.92. The molecule has 0 aromatic rings. The molecule has 0 aromatic heterocycles. The maximum atomic E-state index is 11.4. The molecular formula is C10H19IN2O. The van der Waals surface area contributed by atoms with E-state index in [9.17, 15) is 4.79 Å². The van der Waals surface area contributed by atoms with Gasteiger partial charge in [-0.15, -0.1) is 0 Å². The Morgan fingerprint density at radius 2 is 2.36 bits per heavy atom. The number of carbonyl (C=O) groups is 1. The maximum absolute atomic E-state index is 11.4. The predicted octanol–water partition coefficient (Wildman–Crippen LogP) is 1.82. The van der Waals surface area contributed by atoms with Crippen molar-refractivity contribution in [1.29, 1.82) is 0 Å². The van der Waals surface area contributed by atoms with Gasteiger partial charge in [0.05, 0.1) is 28.8 Å². The lowest BCUT2D eigenvalue weighted by Gasteiger charge is -2.16. The number of halogens is 1. The Balaban J connectivity index is 2.23. The van der Waals surface area contributed by atoms with Crippen molar-refractivity contribution in [3.8, 4) is 0 Å². The van der Waals surface area contributed by atoms with Crippen molar-refractivity contribution >= 4 is 28.8 Å². The predicted molar refractivity (Wildman–Crippen MR) is 66.2 cm³/mol. The summed E-state index contributed by atoms with van der Waals surface area (Å²) in [6.45, 7) is 7.65. The molecule has 14 heavy (non-hydrogen) atoms. The Bertz CT molecular complexity index is 197. The van der Waals surface area contributed by atoms with Gasteiger partial charge in [-0.25, -0.2) is 0 Å². The molecule has 82 valence electrons. The first-order chi connectivity index (χ1) is 6.63. The van der Waals surface area contributed by atoms with E-state index in [0.717, 1.165) is 32.0 Å². The summed E-state index contributed by atoms with van der Waals surface area (Å²) in [5, 5.41) is 0.